The van der Waals surface area contributed by atoms with E-state index in [1.807, 2.05) is 26.8 Å². The number of benzene rings is 2. The number of sulfonamides is 1. The van der Waals surface area contributed by atoms with Crippen molar-refractivity contribution in [1.82, 2.24) is 4.31 Å². The van der Waals surface area contributed by atoms with E-state index in [9.17, 15) is 23.3 Å². The van der Waals surface area contributed by atoms with Crippen molar-refractivity contribution >= 4 is 21.5 Å². The molecule has 0 atom stereocenters. The molecule has 0 radical (unpaired) electrons. The quantitative estimate of drug-likeness (QED) is 0.363. The summed E-state index contributed by atoms with van der Waals surface area (Å²) in [5, 5.41) is 11.5. The molecule has 0 aliphatic carbocycles. The Kier molecular flexibility index (Phi) is 6.73. The summed E-state index contributed by atoms with van der Waals surface area (Å²) in [6.45, 7) is 6.14. The number of rotatable bonds is 7. The molecular formula is C21H24N2O7S. The zero-order valence-corrected chi connectivity index (χ0v) is 18.4. The van der Waals surface area contributed by atoms with Gasteiger partial charge >= 0.3 is 5.69 Å². The normalized spacial score (nSPS) is 14.9. The molecule has 3 rings (SSSR count). The topological polar surface area (TPSA) is 116 Å². The Bertz CT molecular complexity index is 1120. The van der Waals surface area contributed by atoms with Crippen LogP contribution in [0.3, 0.4) is 0 Å². The number of nitro groups is 1. The fourth-order valence-electron chi connectivity index (χ4n) is 3.34. The van der Waals surface area contributed by atoms with Gasteiger partial charge in [0.25, 0.3) is 0 Å². The standard InChI is InChI=1S/C21H24N2O7S/c1-14-10-16(3)18(11-15(14)2)20(24)13-30-21-5-4-17(12-19(21)23(25)26)31(27,28)22-6-8-29-9-7-22/h4-5,10-12H,6-9,13H2,1-3H3. The van der Waals surface area contributed by atoms with Crippen LogP contribution in [-0.4, -0.2) is 56.3 Å². The van der Waals surface area contributed by atoms with Crippen molar-refractivity contribution in [3.8, 4) is 5.75 Å². The SMILES string of the molecule is Cc1cc(C)c(C(=O)COc2ccc(S(=O)(=O)N3CCOCC3)cc2[N+](=O)[O-])cc1C. The maximum atomic E-state index is 12.8. The summed E-state index contributed by atoms with van der Waals surface area (Å²) in [7, 11) is -3.90. The predicted octanol–water partition coefficient (Wildman–Crippen LogP) is 2.80. The van der Waals surface area contributed by atoms with Crippen molar-refractivity contribution in [3.63, 3.8) is 0 Å². The Balaban J connectivity index is 1.83. The minimum absolute atomic E-state index is 0.166. The smallest absolute Gasteiger partial charge is 0.312 e. The molecule has 1 fully saturated rings. The van der Waals surface area contributed by atoms with E-state index < -0.39 is 27.2 Å². The first-order valence-corrected chi connectivity index (χ1v) is 11.2. The molecule has 0 amide bonds. The average molecular weight is 448 g/mol. The van der Waals surface area contributed by atoms with Gasteiger partial charge in [0.05, 0.1) is 23.0 Å². The number of ketones is 1. The molecule has 0 bridgehead atoms. The Morgan fingerprint density at radius 3 is 2.39 bits per heavy atom. The molecule has 2 aromatic carbocycles. The number of morpholine rings is 1. The minimum Gasteiger partial charge on any atom is -0.478 e. The second kappa shape index (κ2) is 9.13. The Labute approximate surface area is 180 Å². The Morgan fingerprint density at radius 2 is 1.74 bits per heavy atom. The first kappa shape index (κ1) is 22.9. The van der Waals surface area contributed by atoms with Gasteiger partial charge in [-0.15, -0.1) is 0 Å². The van der Waals surface area contributed by atoms with Gasteiger partial charge in [0.15, 0.2) is 18.1 Å². The van der Waals surface area contributed by atoms with Crippen molar-refractivity contribution in [2.75, 3.05) is 32.9 Å². The van der Waals surface area contributed by atoms with E-state index in [1.54, 1.807) is 6.07 Å². The molecule has 2 aromatic rings. The zero-order valence-electron chi connectivity index (χ0n) is 17.6. The highest BCUT2D eigenvalue weighted by molar-refractivity contribution is 7.89. The molecule has 9 nitrogen and oxygen atoms in total. The molecule has 1 aliphatic heterocycles. The number of aryl methyl sites for hydroxylation is 3. The Morgan fingerprint density at radius 1 is 1.10 bits per heavy atom. The summed E-state index contributed by atoms with van der Waals surface area (Å²) in [5.74, 6) is -0.485. The van der Waals surface area contributed by atoms with Crippen LogP contribution >= 0.6 is 0 Å². The Hall–Kier alpha value is -2.82. The minimum atomic E-state index is -3.90. The summed E-state index contributed by atoms with van der Waals surface area (Å²) in [6, 6.07) is 7.09. The third kappa shape index (κ3) is 4.92. The largest absolute Gasteiger partial charge is 0.478 e. The van der Waals surface area contributed by atoms with Crippen molar-refractivity contribution < 1.29 is 27.6 Å². The highest BCUT2D eigenvalue weighted by atomic mass is 32.2. The van der Waals surface area contributed by atoms with Crippen LogP contribution in [0.4, 0.5) is 5.69 Å². The number of nitrogens with zero attached hydrogens (tertiary/aromatic N) is 2. The van der Waals surface area contributed by atoms with E-state index in [0.29, 0.717) is 5.56 Å². The third-order valence-corrected chi connectivity index (χ3v) is 7.13. The maximum absolute atomic E-state index is 12.8. The van der Waals surface area contributed by atoms with Gasteiger partial charge in [0.1, 0.15) is 0 Å². The van der Waals surface area contributed by atoms with Crippen LogP contribution in [0.25, 0.3) is 0 Å². The van der Waals surface area contributed by atoms with E-state index in [1.165, 1.54) is 16.4 Å². The molecule has 31 heavy (non-hydrogen) atoms. The van der Waals surface area contributed by atoms with Crippen LogP contribution in [0.2, 0.25) is 0 Å². The first-order chi connectivity index (χ1) is 14.6. The summed E-state index contributed by atoms with van der Waals surface area (Å²) >= 11 is 0. The lowest BCUT2D eigenvalue weighted by atomic mass is 9.98. The number of hydrogen-bond donors (Lipinski definition) is 0. The number of hydrogen-bond acceptors (Lipinski definition) is 7. The highest BCUT2D eigenvalue weighted by Crippen LogP contribution is 2.31. The third-order valence-electron chi connectivity index (χ3n) is 5.23. The van der Waals surface area contributed by atoms with Crippen LogP contribution in [0, 0.1) is 30.9 Å². The molecule has 1 aliphatic rings. The van der Waals surface area contributed by atoms with Crippen LogP contribution in [0.15, 0.2) is 35.2 Å². The van der Waals surface area contributed by atoms with E-state index in [-0.39, 0.29) is 42.7 Å². The number of carbonyl (C=O) groups excluding carboxylic acids is 1. The van der Waals surface area contributed by atoms with Crippen molar-refractivity contribution in [1.29, 1.82) is 0 Å². The molecule has 0 spiro atoms. The van der Waals surface area contributed by atoms with Crippen LogP contribution in [0.1, 0.15) is 27.0 Å². The first-order valence-electron chi connectivity index (χ1n) is 9.71. The summed E-state index contributed by atoms with van der Waals surface area (Å²) in [5.41, 5.74) is 2.77. The van der Waals surface area contributed by atoms with Crippen molar-refractivity contribution in [2.24, 2.45) is 0 Å². The second-order valence-electron chi connectivity index (χ2n) is 7.37. The monoisotopic (exact) mass is 448 g/mol. The van der Waals surface area contributed by atoms with Gasteiger partial charge in [0.2, 0.25) is 10.0 Å². The lowest BCUT2D eigenvalue weighted by molar-refractivity contribution is -0.386. The maximum Gasteiger partial charge on any atom is 0.312 e. The lowest BCUT2D eigenvalue weighted by Gasteiger charge is -2.26. The van der Waals surface area contributed by atoms with Gasteiger partial charge in [-0.3, -0.25) is 14.9 Å². The predicted molar refractivity (Wildman–Crippen MR) is 113 cm³/mol. The van der Waals surface area contributed by atoms with Gasteiger partial charge in [-0.05, 0) is 55.7 Å². The molecule has 0 saturated carbocycles. The molecule has 1 saturated heterocycles. The molecule has 0 unspecified atom stereocenters. The van der Waals surface area contributed by atoms with Crippen LogP contribution in [-0.2, 0) is 14.8 Å². The average Bonchev–Trinajstić information content (AvgIpc) is 2.75. The fraction of sp³-hybridized carbons (Fsp3) is 0.381. The molecule has 166 valence electrons. The van der Waals surface area contributed by atoms with E-state index in [2.05, 4.69) is 0 Å². The van der Waals surface area contributed by atoms with E-state index >= 15 is 0 Å². The summed E-state index contributed by atoms with van der Waals surface area (Å²) < 4.78 is 37.4. The summed E-state index contributed by atoms with van der Waals surface area (Å²) in [6.07, 6.45) is 0. The van der Waals surface area contributed by atoms with Gasteiger partial charge in [-0.25, -0.2) is 8.42 Å². The number of nitro benzene ring substituents is 1. The van der Waals surface area contributed by atoms with Gasteiger partial charge in [-0.2, -0.15) is 4.31 Å². The molecule has 0 aromatic heterocycles. The van der Waals surface area contributed by atoms with Crippen molar-refractivity contribution in [3.05, 3.63) is 62.7 Å². The zero-order chi connectivity index (χ0) is 22.8. The fourth-order valence-corrected chi connectivity index (χ4v) is 4.77. The molecule has 0 N–H and O–H groups in total. The number of ether oxygens (including phenoxy) is 2. The van der Waals surface area contributed by atoms with Gasteiger partial charge in [-0.1, -0.05) is 6.07 Å². The van der Waals surface area contributed by atoms with E-state index in [4.69, 9.17) is 9.47 Å². The molecule has 1 heterocycles. The highest BCUT2D eigenvalue weighted by Gasteiger charge is 2.29. The van der Waals surface area contributed by atoms with Crippen molar-refractivity contribution in [2.45, 2.75) is 25.7 Å². The lowest BCUT2D eigenvalue weighted by Crippen LogP contribution is -2.40. The van der Waals surface area contributed by atoms with Gasteiger partial charge < -0.3 is 9.47 Å². The molecule has 10 heteroatoms. The number of carbonyl (C=O) groups is 1. The van der Waals surface area contributed by atoms with E-state index in [0.717, 1.165) is 22.8 Å². The van der Waals surface area contributed by atoms with Crippen LogP contribution in [0.5, 0.6) is 5.75 Å². The second-order valence-corrected chi connectivity index (χ2v) is 9.30. The molecular weight excluding hydrogens is 424 g/mol. The van der Waals surface area contributed by atoms with Crippen LogP contribution < -0.4 is 4.74 Å². The van der Waals surface area contributed by atoms with Gasteiger partial charge in [0, 0.05) is 24.7 Å². The summed E-state index contributed by atoms with van der Waals surface area (Å²) in [4.78, 5) is 23.2. The number of Topliss-reactive ketones (excluding diaryl/α,β-unsaturated/α-hetero) is 1.